The van der Waals surface area contributed by atoms with Gasteiger partial charge in [0.05, 0.1) is 27.6 Å². The maximum absolute atomic E-state index is 10.4. The molecule has 0 fully saturated rings. The summed E-state index contributed by atoms with van der Waals surface area (Å²) in [6.07, 6.45) is -1.20. The first-order valence-electron chi connectivity index (χ1n) is 4.21. The van der Waals surface area contributed by atoms with E-state index in [9.17, 15) is 14.9 Å². The number of carboxylic acid groups (broad SMARTS) is 1. The first-order valence-corrected chi connectivity index (χ1v) is 4.21. The van der Waals surface area contributed by atoms with Crippen molar-refractivity contribution in [2.75, 3.05) is 27.7 Å². The normalized spacial score (nSPS) is 13.3. The van der Waals surface area contributed by atoms with Crippen LogP contribution in [-0.2, 0) is 14.7 Å². The van der Waals surface area contributed by atoms with Crippen LogP contribution in [0.4, 0.5) is 0 Å². The number of nitrogens with zero attached hydrogens (tertiary/aromatic N) is 2. The molecule has 0 rings (SSSR count). The minimum Gasteiger partial charge on any atom is -0.481 e. The molecule has 0 aromatic heterocycles. The van der Waals surface area contributed by atoms with E-state index in [1.165, 1.54) is 0 Å². The number of hydrogen-bond donors (Lipinski definition) is 1. The number of likely N-dealkylation sites (N-methyl/N-ethyl adjacent to an activating group) is 1. The lowest BCUT2D eigenvalue weighted by atomic mass is 10.2. The van der Waals surface area contributed by atoms with Gasteiger partial charge in [-0.25, -0.2) is 0 Å². The molecule has 0 aliphatic rings. The van der Waals surface area contributed by atoms with Crippen LogP contribution in [0.3, 0.4) is 0 Å². The van der Waals surface area contributed by atoms with E-state index < -0.39 is 17.2 Å². The van der Waals surface area contributed by atoms with Gasteiger partial charge in [-0.2, -0.15) is 4.89 Å². The Hall–Kier alpha value is -1.41. The van der Waals surface area contributed by atoms with Crippen LogP contribution in [0.5, 0.6) is 0 Å². The molecule has 0 saturated carbocycles. The molecular weight excluding hydrogens is 208 g/mol. The predicted molar refractivity (Wildman–Crippen MR) is 48.1 cm³/mol. The van der Waals surface area contributed by atoms with Crippen molar-refractivity contribution in [2.24, 2.45) is 0 Å². The van der Waals surface area contributed by atoms with Gasteiger partial charge in [-0.15, -0.1) is 15.1 Å². The van der Waals surface area contributed by atoms with Gasteiger partial charge in [0.15, 0.2) is 6.10 Å². The van der Waals surface area contributed by atoms with Gasteiger partial charge in [-0.05, 0) is 0 Å². The third-order valence-corrected chi connectivity index (χ3v) is 1.39. The highest BCUT2D eigenvalue weighted by Gasteiger charge is 2.23. The molecule has 0 bridgehead atoms. The lowest BCUT2D eigenvalue weighted by molar-refractivity contribution is -0.891. The summed E-state index contributed by atoms with van der Waals surface area (Å²) >= 11 is 0. The van der Waals surface area contributed by atoms with Gasteiger partial charge in [-0.1, -0.05) is 0 Å². The summed E-state index contributed by atoms with van der Waals surface area (Å²) in [5.74, 6) is -1.10. The summed E-state index contributed by atoms with van der Waals surface area (Å²) in [5.41, 5.74) is 0. The number of carboxylic acids is 1. The van der Waals surface area contributed by atoms with Crippen molar-refractivity contribution in [1.82, 2.24) is 0 Å². The van der Waals surface area contributed by atoms with Crippen molar-refractivity contribution in [3.8, 4) is 0 Å². The van der Waals surface area contributed by atoms with Crippen LogP contribution < -0.4 is 0 Å². The van der Waals surface area contributed by atoms with E-state index in [0.717, 1.165) is 0 Å². The second-order valence-electron chi connectivity index (χ2n) is 4.09. The Labute approximate surface area is 86.6 Å². The molecule has 0 amide bonds. The Morgan fingerprint density at radius 3 is 2.40 bits per heavy atom. The third kappa shape index (κ3) is 8.91. The van der Waals surface area contributed by atoms with Crippen molar-refractivity contribution in [3.05, 3.63) is 10.1 Å². The fourth-order valence-electron chi connectivity index (χ4n) is 1.03. The van der Waals surface area contributed by atoms with Crippen LogP contribution in [0.1, 0.15) is 6.42 Å². The molecule has 0 heterocycles. The zero-order valence-electron chi connectivity index (χ0n) is 8.87. The summed E-state index contributed by atoms with van der Waals surface area (Å²) in [7, 11) is 5.43. The average molecular weight is 223 g/mol. The Kier molecular flexibility index (Phi) is 4.95. The topological polar surface area (TPSA) is 98.9 Å². The standard InChI is InChI=1S/C7H14N2O6/c1-9(2,3)5-6(4-7(10)11)14-15-8(12)13/h6H,4-5H2,1-3H3/p+1. The van der Waals surface area contributed by atoms with Crippen LogP contribution >= 0.6 is 0 Å². The zero-order chi connectivity index (χ0) is 12.1. The minimum atomic E-state index is -1.12. The highest BCUT2D eigenvalue weighted by molar-refractivity contribution is 5.67. The van der Waals surface area contributed by atoms with E-state index in [1.54, 1.807) is 0 Å². The average Bonchev–Trinajstić information content (AvgIpc) is 1.95. The molecule has 0 saturated heterocycles. The lowest BCUT2D eigenvalue weighted by Crippen LogP contribution is -2.43. The molecule has 1 atom stereocenters. The first-order chi connectivity index (χ1) is 6.70. The van der Waals surface area contributed by atoms with Gasteiger partial charge in [0, 0.05) is 0 Å². The fraction of sp³-hybridized carbons (Fsp3) is 0.857. The second kappa shape index (κ2) is 5.47. The highest BCUT2D eigenvalue weighted by atomic mass is 17.3. The second-order valence-corrected chi connectivity index (χ2v) is 4.09. The van der Waals surface area contributed by atoms with Gasteiger partial charge >= 0.3 is 11.1 Å². The highest BCUT2D eigenvalue weighted by Crippen LogP contribution is 2.05. The number of rotatable bonds is 7. The number of aliphatic carboxylic acids is 1. The Bertz CT molecular complexity index is 236. The Balaban J connectivity index is 4.18. The van der Waals surface area contributed by atoms with Gasteiger partial charge in [0.1, 0.15) is 6.54 Å². The summed E-state index contributed by atoms with van der Waals surface area (Å²) in [5, 5.41) is 17.3. The lowest BCUT2D eigenvalue weighted by Gasteiger charge is -2.27. The molecule has 15 heavy (non-hydrogen) atoms. The molecule has 0 radical (unpaired) electrons. The van der Waals surface area contributed by atoms with E-state index in [2.05, 4.69) is 9.88 Å². The maximum atomic E-state index is 10.4. The number of hydrogen-bond acceptors (Lipinski definition) is 5. The third-order valence-electron chi connectivity index (χ3n) is 1.39. The van der Waals surface area contributed by atoms with Crippen LogP contribution in [-0.4, -0.2) is 54.4 Å². The molecule has 0 aliphatic heterocycles. The van der Waals surface area contributed by atoms with Crippen molar-refractivity contribution < 1.29 is 29.3 Å². The molecule has 8 heteroatoms. The van der Waals surface area contributed by atoms with E-state index in [0.29, 0.717) is 11.0 Å². The smallest absolute Gasteiger partial charge is 0.322 e. The largest absolute Gasteiger partial charge is 0.481 e. The van der Waals surface area contributed by atoms with E-state index in [1.807, 2.05) is 21.1 Å². The van der Waals surface area contributed by atoms with E-state index >= 15 is 0 Å². The Morgan fingerprint density at radius 1 is 1.53 bits per heavy atom. The zero-order valence-corrected chi connectivity index (χ0v) is 8.87. The van der Waals surface area contributed by atoms with Gasteiger partial charge < -0.3 is 9.59 Å². The predicted octanol–water partition coefficient (Wildman–Crippen LogP) is -0.324. The molecular formula is C7H15N2O6+. The van der Waals surface area contributed by atoms with Gasteiger partial charge in [0.2, 0.25) is 0 Å². The number of carbonyl (C=O) groups is 1. The summed E-state index contributed by atoms with van der Waals surface area (Å²) in [6.45, 7) is 0.292. The summed E-state index contributed by atoms with van der Waals surface area (Å²) in [4.78, 5) is 28.4. The monoisotopic (exact) mass is 223 g/mol. The van der Waals surface area contributed by atoms with Crippen LogP contribution in [0.15, 0.2) is 0 Å². The van der Waals surface area contributed by atoms with Crippen molar-refractivity contribution in [1.29, 1.82) is 0 Å². The van der Waals surface area contributed by atoms with Crippen LogP contribution in [0.25, 0.3) is 0 Å². The van der Waals surface area contributed by atoms with Crippen LogP contribution in [0.2, 0.25) is 0 Å². The van der Waals surface area contributed by atoms with Gasteiger partial charge in [0.25, 0.3) is 0 Å². The molecule has 0 aromatic carbocycles. The molecule has 88 valence electrons. The molecule has 0 aliphatic carbocycles. The van der Waals surface area contributed by atoms with E-state index in [4.69, 9.17) is 5.11 Å². The SMILES string of the molecule is C[N+](C)(C)CC(CC(=O)O)OO[N+](=O)[O-]. The van der Waals surface area contributed by atoms with Gasteiger partial charge in [-0.3, -0.25) is 4.79 Å². The van der Waals surface area contributed by atoms with Crippen molar-refractivity contribution in [3.63, 3.8) is 0 Å². The molecule has 8 nitrogen and oxygen atoms in total. The Morgan fingerprint density at radius 2 is 2.07 bits per heavy atom. The molecule has 1 unspecified atom stereocenters. The molecule has 1 N–H and O–H groups in total. The number of quaternary nitrogens is 1. The van der Waals surface area contributed by atoms with Crippen molar-refractivity contribution >= 4 is 5.97 Å². The molecule has 0 spiro atoms. The maximum Gasteiger partial charge on any atom is 0.322 e. The first kappa shape index (κ1) is 13.6. The van der Waals surface area contributed by atoms with Crippen molar-refractivity contribution in [2.45, 2.75) is 12.5 Å². The summed E-state index contributed by atoms with van der Waals surface area (Å²) < 4.78 is 0.416. The minimum absolute atomic E-state index is 0.292. The quantitative estimate of drug-likeness (QED) is 0.275. The fourth-order valence-corrected chi connectivity index (χ4v) is 1.03. The molecule has 0 aromatic rings. The van der Waals surface area contributed by atoms with Crippen LogP contribution in [0, 0.1) is 10.1 Å². The van der Waals surface area contributed by atoms with E-state index in [-0.39, 0.29) is 6.42 Å². The summed E-state index contributed by atoms with van der Waals surface area (Å²) in [6, 6.07) is 0.